The summed E-state index contributed by atoms with van der Waals surface area (Å²) in [6.07, 6.45) is -2.64. The summed E-state index contributed by atoms with van der Waals surface area (Å²) in [5.41, 5.74) is 0. The summed E-state index contributed by atoms with van der Waals surface area (Å²) in [5, 5.41) is 8.84. The minimum absolute atomic E-state index is 0.333. The summed E-state index contributed by atoms with van der Waals surface area (Å²) in [6.45, 7) is 1.66. The lowest BCUT2D eigenvalue weighted by atomic mass is 10.0. The number of nitrogens with zero attached hydrogens (tertiary/aromatic N) is 1. The largest absolute Gasteiger partial charge is 0.465 e. The van der Waals surface area contributed by atoms with Crippen molar-refractivity contribution in [3.63, 3.8) is 0 Å². The third-order valence-electron chi connectivity index (χ3n) is 2.69. The van der Waals surface area contributed by atoms with Crippen LogP contribution in [0.25, 0.3) is 0 Å². The molecule has 1 saturated heterocycles. The number of carboxylic acid groups (broad SMARTS) is 1. The van der Waals surface area contributed by atoms with Crippen molar-refractivity contribution in [1.82, 2.24) is 4.90 Å². The van der Waals surface area contributed by atoms with Gasteiger partial charge < -0.3 is 5.11 Å². The van der Waals surface area contributed by atoms with Crippen LogP contribution in [0.3, 0.4) is 0 Å². The molecule has 0 unspecified atom stereocenters. The molecule has 0 aromatic heterocycles. The molecule has 4 nitrogen and oxygen atoms in total. The van der Waals surface area contributed by atoms with Gasteiger partial charge in [0.2, 0.25) is 0 Å². The third-order valence-corrected chi connectivity index (χ3v) is 2.69. The second-order valence-corrected chi connectivity index (χ2v) is 3.30. The maximum absolute atomic E-state index is 11.5. The molecule has 1 aliphatic heterocycles. The standard InChI is InChI=1S/C8H11NO3/c1-4-5-2-6(7(10)3-5)9(4)8(11)12/h4-6H,2-3H2,1H3,(H,11,12)/t4-,5-,6+/m1/s1/i3D2. The molecule has 2 fully saturated rings. The molecular weight excluding hydrogens is 158 g/mol. The van der Waals surface area contributed by atoms with Gasteiger partial charge in [0.05, 0.1) is 6.04 Å². The topological polar surface area (TPSA) is 57.6 Å². The van der Waals surface area contributed by atoms with E-state index in [0.717, 1.165) is 4.90 Å². The summed E-state index contributed by atoms with van der Waals surface area (Å²) < 4.78 is 15.1. The SMILES string of the molecule is [2H]C1([2H])C(=O)[C@@H]2C[C@H]1[C@@H](C)N2C(=O)O. The number of piperidine rings is 1. The van der Waals surface area contributed by atoms with E-state index in [0.29, 0.717) is 6.42 Å². The van der Waals surface area contributed by atoms with Gasteiger partial charge in [-0.25, -0.2) is 4.79 Å². The van der Waals surface area contributed by atoms with Gasteiger partial charge in [-0.3, -0.25) is 9.69 Å². The third kappa shape index (κ3) is 0.777. The first kappa shape index (κ1) is 5.56. The summed E-state index contributed by atoms with van der Waals surface area (Å²) in [7, 11) is 0. The zero-order chi connectivity index (χ0) is 10.7. The molecule has 2 bridgehead atoms. The Morgan fingerprint density at radius 2 is 2.50 bits per heavy atom. The second-order valence-electron chi connectivity index (χ2n) is 3.30. The number of ketones is 1. The van der Waals surface area contributed by atoms with Crippen LogP contribution in [0.2, 0.25) is 0 Å². The lowest BCUT2D eigenvalue weighted by Crippen LogP contribution is -2.46. The van der Waals surface area contributed by atoms with Gasteiger partial charge in [-0.15, -0.1) is 0 Å². The summed E-state index contributed by atoms with van der Waals surface area (Å²) in [4.78, 5) is 23.4. The highest BCUT2D eigenvalue weighted by atomic mass is 16.4. The van der Waals surface area contributed by atoms with Gasteiger partial charge in [-0.1, -0.05) is 0 Å². The van der Waals surface area contributed by atoms with Crippen molar-refractivity contribution in [2.24, 2.45) is 5.92 Å². The molecule has 0 radical (unpaired) electrons. The molecule has 12 heavy (non-hydrogen) atoms. The first-order valence-corrected chi connectivity index (χ1v) is 3.93. The van der Waals surface area contributed by atoms with E-state index in [1.54, 1.807) is 6.92 Å². The molecule has 0 spiro atoms. The normalized spacial score (nSPS) is 45.9. The molecule has 1 aliphatic carbocycles. The highest BCUT2D eigenvalue weighted by Gasteiger charge is 2.50. The minimum Gasteiger partial charge on any atom is -0.465 e. The molecule has 0 aromatic rings. The van der Waals surface area contributed by atoms with E-state index < -0.39 is 36.3 Å². The van der Waals surface area contributed by atoms with Crippen LogP contribution in [0, 0.1) is 5.92 Å². The van der Waals surface area contributed by atoms with Crippen LogP contribution < -0.4 is 0 Å². The highest BCUT2D eigenvalue weighted by Crippen LogP contribution is 2.39. The monoisotopic (exact) mass is 171 g/mol. The molecule has 1 saturated carbocycles. The van der Waals surface area contributed by atoms with Gasteiger partial charge in [-0.05, 0) is 19.3 Å². The van der Waals surface area contributed by atoms with E-state index in [-0.39, 0.29) is 0 Å². The molecule has 66 valence electrons. The second kappa shape index (κ2) is 2.21. The predicted molar refractivity (Wildman–Crippen MR) is 40.8 cm³/mol. The van der Waals surface area contributed by atoms with Gasteiger partial charge in [0.15, 0.2) is 5.78 Å². The first-order chi connectivity index (χ1) is 6.37. The molecular formula is C8H11NO3. The predicted octanol–water partition coefficient (Wildman–Crippen LogP) is 0.716. The number of hydrogen-bond acceptors (Lipinski definition) is 2. The van der Waals surface area contributed by atoms with E-state index in [2.05, 4.69) is 0 Å². The van der Waals surface area contributed by atoms with E-state index in [9.17, 15) is 9.59 Å². The summed E-state index contributed by atoms with van der Waals surface area (Å²) in [6, 6.07) is -1.16. The Morgan fingerprint density at radius 1 is 1.83 bits per heavy atom. The van der Waals surface area contributed by atoms with E-state index in [1.165, 1.54) is 0 Å². The Kier molecular flexibility index (Phi) is 1.03. The molecule has 1 amide bonds. The quantitative estimate of drug-likeness (QED) is 0.584. The van der Waals surface area contributed by atoms with Crippen LogP contribution in [0.1, 0.15) is 22.5 Å². The van der Waals surface area contributed by atoms with Crippen molar-refractivity contribution in [2.75, 3.05) is 0 Å². The zero-order valence-electron chi connectivity index (χ0n) is 8.65. The van der Waals surface area contributed by atoms with Gasteiger partial charge in [-0.2, -0.15) is 0 Å². The van der Waals surface area contributed by atoms with Crippen molar-refractivity contribution in [1.29, 1.82) is 0 Å². The number of Topliss-reactive ketones (excluding diaryl/α,β-unsaturated/α-hetero) is 1. The number of fused-ring (bicyclic) bond motifs is 2. The van der Waals surface area contributed by atoms with Crippen LogP contribution in [-0.2, 0) is 4.79 Å². The van der Waals surface area contributed by atoms with Crippen molar-refractivity contribution in [2.45, 2.75) is 31.8 Å². The average Bonchev–Trinajstić information content (AvgIpc) is 2.49. The Bertz CT molecular complexity index is 318. The Labute approximate surface area is 73.0 Å². The van der Waals surface area contributed by atoms with Crippen LogP contribution in [0.5, 0.6) is 0 Å². The lowest BCUT2D eigenvalue weighted by molar-refractivity contribution is -0.123. The fourth-order valence-electron chi connectivity index (χ4n) is 2.03. The van der Waals surface area contributed by atoms with Crippen LogP contribution in [0.15, 0.2) is 0 Å². The van der Waals surface area contributed by atoms with Crippen LogP contribution >= 0.6 is 0 Å². The number of carbonyl (C=O) groups excluding carboxylic acids is 1. The number of hydrogen-bond donors (Lipinski definition) is 1. The summed E-state index contributed by atoms with van der Waals surface area (Å²) >= 11 is 0. The molecule has 2 aliphatic rings. The van der Waals surface area contributed by atoms with Gasteiger partial charge in [0.1, 0.15) is 0 Å². The first-order valence-electron chi connectivity index (χ1n) is 4.93. The highest BCUT2D eigenvalue weighted by molar-refractivity contribution is 5.91. The fourth-order valence-corrected chi connectivity index (χ4v) is 2.03. The Morgan fingerprint density at radius 3 is 3.00 bits per heavy atom. The zero-order valence-corrected chi connectivity index (χ0v) is 6.65. The maximum atomic E-state index is 11.5. The van der Waals surface area contributed by atoms with Gasteiger partial charge in [0, 0.05) is 15.2 Å². The summed E-state index contributed by atoms with van der Waals surface area (Å²) in [5.74, 6) is -1.06. The fraction of sp³-hybridized carbons (Fsp3) is 0.750. The van der Waals surface area contributed by atoms with Crippen LogP contribution in [0.4, 0.5) is 4.79 Å². The lowest BCUT2D eigenvalue weighted by Gasteiger charge is -2.29. The smallest absolute Gasteiger partial charge is 0.408 e. The van der Waals surface area contributed by atoms with Gasteiger partial charge >= 0.3 is 6.09 Å². The van der Waals surface area contributed by atoms with Crippen LogP contribution in [-0.4, -0.2) is 34.0 Å². The maximum Gasteiger partial charge on any atom is 0.408 e. The number of carbonyl (C=O) groups is 2. The number of amides is 1. The van der Waals surface area contributed by atoms with E-state index in [4.69, 9.17) is 7.85 Å². The van der Waals surface area contributed by atoms with Crippen molar-refractivity contribution >= 4 is 11.9 Å². The molecule has 1 heterocycles. The Hall–Kier alpha value is -1.06. The molecule has 0 aromatic carbocycles. The van der Waals surface area contributed by atoms with Crippen molar-refractivity contribution < 1.29 is 17.4 Å². The average molecular weight is 171 g/mol. The van der Waals surface area contributed by atoms with Crippen molar-refractivity contribution in [3.05, 3.63) is 0 Å². The Balaban J connectivity index is 2.36. The number of likely N-dealkylation sites (tertiary alicyclic amines) is 1. The van der Waals surface area contributed by atoms with Crippen molar-refractivity contribution in [3.8, 4) is 0 Å². The minimum atomic E-state index is -1.84. The van der Waals surface area contributed by atoms with E-state index >= 15 is 0 Å². The molecule has 4 heteroatoms. The molecule has 2 rings (SSSR count). The van der Waals surface area contributed by atoms with E-state index in [1.807, 2.05) is 0 Å². The molecule has 3 atom stereocenters. The number of rotatable bonds is 0. The molecule has 1 N–H and O–H groups in total. The van der Waals surface area contributed by atoms with Gasteiger partial charge in [0.25, 0.3) is 0 Å².